The zero-order valence-corrected chi connectivity index (χ0v) is 13.6. The summed E-state index contributed by atoms with van der Waals surface area (Å²) in [5.41, 5.74) is 8.70. The Morgan fingerprint density at radius 2 is 2.00 bits per heavy atom. The molecule has 0 bridgehead atoms. The average Bonchev–Trinajstić information content (AvgIpc) is 3.08. The van der Waals surface area contributed by atoms with E-state index < -0.39 is 0 Å². The summed E-state index contributed by atoms with van der Waals surface area (Å²) in [7, 11) is 0. The highest BCUT2D eigenvalue weighted by Crippen LogP contribution is 2.39. The molecule has 2 aromatic heterocycles. The first-order chi connectivity index (χ1) is 10.1. The molecule has 1 aromatic carbocycles. The fourth-order valence-electron chi connectivity index (χ4n) is 2.18. The predicted molar refractivity (Wildman–Crippen MR) is 91.1 cm³/mol. The molecule has 0 unspecified atom stereocenters. The highest BCUT2D eigenvalue weighted by molar-refractivity contribution is 7.15. The lowest BCUT2D eigenvalue weighted by atomic mass is 10.0. The van der Waals surface area contributed by atoms with Gasteiger partial charge >= 0.3 is 0 Å². The second kappa shape index (κ2) is 5.72. The first-order valence-electron chi connectivity index (χ1n) is 6.48. The van der Waals surface area contributed by atoms with Crippen molar-refractivity contribution < 1.29 is 0 Å². The molecule has 0 atom stereocenters. The summed E-state index contributed by atoms with van der Waals surface area (Å²) < 4.78 is 0. The van der Waals surface area contributed by atoms with Gasteiger partial charge in [-0.3, -0.25) is 5.10 Å². The van der Waals surface area contributed by atoms with Crippen LogP contribution in [0.3, 0.4) is 0 Å². The van der Waals surface area contributed by atoms with E-state index in [-0.39, 0.29) is 0 Å². The molecule has 3 aromatic rings. The SMILES string of the molecule is CCc1ccc(-c2[nH]nc(N)c2-c2ccc(Cl)c(Cl)c2)s1. The third-order valence-corrected chi connectivity index (χ3v) is 5.25. The van der Waals surface area contributed by atoms with Crippen molar-refractivity contribution in [2.45, 2.75) is 13.3 Å². The number of nitrogen functional groups attached to an aromatic ring is 1. The maximum absolute atomic E-state index is 6.11. The minimum absolute atomic E-state index is 0.454. The number of aryl methyl sites for hydroxylation is 1. The van der Waals surface area contributed by atoms with Crippen LogP contribution in [-0.2, 0) is 6.42 Å². The molecule has 108 valence electrons. The summed E-state index contributed by atoms with van der Waals surface area (Å²) in [6, 6.07) is 9.67. The molecule has 0 aliphatic carbocycles. The molecule has 0 fully saturated rings. The molecule has 0 saturated heterocycles. The number of hydrogen-bond acceptors (Lipinski definition) is 3. The zero-order valence-electron chi connectivity index (χ0n) is 11.3. The molecule has 3 N–H and O–H groups in total. The molecular formula is C15H13Cl2N3S. The van der Waals surface area contributed by atoms with Crippen LogP contribution in [-0.4, -0.2) is 10.2 Å². The van der Waals surface area contributed by atoms with Crippen LogP contribution in [0.2, 0.25) is 10.0 Å². The third kappa shape index (κ3) is 2.67. The smallest absolute Gasteiger partial charge is 0.153 e. The lowest BCUT2D eigenvalue weighted by Gasteiger charge is -2.05. The van der Waals surface area contributed by atoms with Gasteiger partial charge in [0.1, 0.15) is 0 Å². The third-order valence-electron chi connectivity index (χ3n) is 3.26. The quantitative estimate of drug-likeness (QED) is 0.685. The van der Waals surface area contributed by atoms with E-state index in [1.165, 1.54) is 4.88 Å². The monoisotopic (exact) mass is 337 g/mol. The first kappa shape index (κ1) is 14.4. The van der Waals surface area contributed by atoms with E-state index in [9.17, 15) is 0 Å². The van der Waals surface area contributed by atoms with E-state index in [2.05, 4.69) is 29.3 Å². The van der Waals surface area contributed by atoms with Crippen molar-refractivity contribution in [1.82, 2.24) is 10.2 Å². The lowest BCUT2D eigenvalue weighted by Crippen LogP contribution is -1.88. The minimum atomic E-state index is 0.454. The van der Waals surface area contributed by atoms with Crippen LogP contribution in [0.1, 0.15) is 11.8 Å². The minimum Gasteiger partial charge on any atom is -0.382 e. The van der Waals surface area contributed by atoms with Crippen molar-refractivity contribution in [3.8, 4) is 21.7 Å². The average molecular weight is 338 g/mol. The number of halogens is 2. The van der Waals surface area contributed by atoms with Gasteiger partial charge in [0, 0.05) is 4.88 Å². The van der Waals surface area contributed by atoms with Crippen molar-refractivity contribution in [2.24, 2.45) is 0 Å². The molecule has 0 aliphatic rings. The first-order valence-corrected chi connectivity index (χ1v) is 8.05. The van der Waals surface area contributed by atoms with Gasteiger partial charge in [-0.25, -0.2) is 0 Å². The molecule has 0 aliphatic heterocycles. The van der Waals surface area contributed by atoms with Crippen LogP contribution in [0, 0.1) is 0 Å². The molecule has 0 radical (unpaired) electrons. The van der Waals surface area contributed by atoms with Crippen LogP contribution in [0.4, 0.5) is 5.82 Å². The highest BCUT2D eigenvalue weighted by atomic mass is 35.5. The van der Waals surface area contributed by atoms with Crippen LogP contribution in [0.15, 0.2) is 30.3 Å². The van der Waals surface area contributed by atoms with Gasteiger partial charge in [0.25, 0.3) is 0 Å². The van der Waals surface area contributed by atoms with Crippen molar-refractivity contribution >= 4 is 40.4 Å². The van der Waals surface area contributed by atoms with Crippen LogP contribution < -0.4 is 5.73 Å². The Labute approximate surface area is 136 Å². The molecule has 21 heavy (non-hydrogen) atoms. The summed E-state index contributed by atoms with van der Waals surface area (Å²) in [5, 5.41) is 8.18. The largest absolute Gasteiger partial charge is 0.382 e. The number of nitrogens with zero attached hydrogens (tertiary/aromatic N) is 1. The molecular weight excluding hydrogens is 325 g/mol. The van der Waals surface area contributed by atoms with E-state index in [0.29, 0.717) is 15.9 Å². The summed E-state index contributed by atoms with van der Waals surface area (Å²) in [4.78, 5) is 2.43. The molecule has 0 saturated carbocycles. The van der Waals surface area contributed by atoms with Gasteiger partial charge in [-0.2, -0.15) is 5.10 Å². The van der Waals surface area contributed by atoms with Gasteiger partial charge in [-0.05, 0) is 36.2 Å². The maximum atomic E-state index is 6.11. The molecule has 0 spiro atoms. The molecule has 0 amide bonds. The lowest BCUT2D eigenvalue weighted by molar-refractivity contribution is 1.11. The van der Waals surface area contributed by atoms with Gasteiger partial charge in [0.2, 0.25) is 0 Å². The van der Waals surface area contributed by atoms with Crippen LogP contribution in [0.25, 0.3) is 21.7 Å². The number of nitrogens with two attached hydrogens (primary N) is 1. The normalized spacial score (nSPS) is 11.0. The van der Waals surface area contributed by atoms with Crippen molar-refractivity contribution in [2.75, 3.05) is 5.73 Å². The number of thiophene rings is 1. The zero-order chi connectivity index (χ0) is 15.0. The van der Waals surface area contributed by atoms with Crippen molar-refractivity contribution in [3.63, 3.8) is 0 Å². The second-order valence-corrected chi connectivity index (χ2v) is 6.59. The standard InChI is InChI=1S/C15H13Cl2N3S/c1-2-9-4-6-12(21-9)14-13(15(18)20-19-14)8-3-5-10(16)11(17)7-8/h3-7H,2H2,1H3,(H3,18,19,20). The fraction of sp³-hybridized carbons (Fsp3) is 0.133. The van der Waals surface area contributed by atoms with E-state index in [0.717, 1.165) is 28.1 Å². The fourth-order valence-corrected chi connectivity index (χ4v) is 3.43. The number of nitrogens with one attached hydrogen (secondary N) is 1. The number of hydrogen-bond donors (Lipinski definition) is 2. The van der Waals surface area contributed by atoms with Gasteiger partial charge in [0.15, 0.2) is 5.82 Å². The van der Waals surface area contributed by atoms with Gasteiger partial charge < -0.3 is 5.73 Å². The van der Waals surface area contributed by atoms with Gasteiger partial charge in [-0.1, -0.05) is 36.2 Å². The Bertz CT molecular complexity index is 792. The molecule has 3 rings (SSSR count). The Morgan fingerprint density at radius 3 is 2.67 bits per heavy atom. The van der Waals surface area contributed by atoms with E-state index >= 15 is 0 Å². The Kier molecular flexibility index (Phi) is 3.93. The van der Waals surface area contributed by atoms with Crippen LogP contribution >= 0.6 is 34.5 Å². The summed E-state index contributed by atoms with van der Waals surface area (Å²) >= 11 is 13.8. The van der Waals surface area contributed by atoms with E-state index in [1.807, 2.05) is 12.1 Å². The second-order valence-electron chi connectivity index (χ2n) is 4.61. The maximum Gasteiger partial charge on any atom is 0.153 e. The topological polar surface area (TPSA) is 54.7 Å². The van der Waals surface area contributed by atoms with Crippen molar-refractivity contribution in [3.05, 3.63) is 45.3 Å². The van der Waals surface area contributed by atoms with Gasteiger partial charge in [-0.15, -0.1) is 11.3 Å². The van der Waals surface area contributed by atoms with Crippen LogP contribution in [0.5, 0.6) is 0 Å². The number of H-pyrrole nitrogens is 1. The molecule has 2 heterocycles. The summed E-state index contributed by atoms with van der Waals surface area (Å²) in [6.07, 6.45) is 1.01. The summed E-state index contributed by atoms with van der Waals surface area (Å²) in [6.45, 7) is 2.14. The Hall–Kier alpha value is -1.49. The van der Waals surface area contributed by atoms with E-state index in [4.69, 9.17) is 28.9 Å². The van der Waals surface area contributed by atoms with Crippen molar-refractivity contribution in [1.29, 1.82) is 0 Å². The highest BCUT2D eigenvalue weighted by Gasteiger charge is 2.17. The molecule has 6 heteroatoms. The Morgan fingerprint density at radius 1 is 1.19 bits per heavy atom. The molecule has 3 nitrogen and oxygen atoms in total. The number of rotatable bonds is 3. The predicted octanol–water partition coefficient (Wildman–Crippen LogP) is 5.26. The number of anilines is 1. The van der Waals surface area contributed by atoms with Gasteiger partial charge in [0.05, 0.1) is 26.2 Å². The summed E-state index contributed by atoms with van der Waals surface area (Å²) in [5.74, 6) is 0.454. The number of aromatic nitrogens is 2. The number of benzene rings is 1. The Balaban J connectivity index is 2.14. The van der Waals surface area contributed by atoms with E-state index in [1.54, 1.807) is 17.4 Å². The number of aromatic amines is 1.